The smallest absolute Gasteiger partial charge is 0.161 e. The predicted molar refractivity (Wildman–Crippen MR) is 77.5 cm³/mol. The van der Waals surface area contributed by atoms with Gasteiger partial charge in [-0.15, -0.1) is 10.2 Å². The molecule has 3 aromatic rings. The van der Waals surface area contributed by atoms with Crippen molar-refractivity contribution >= 4 is 5.65 Å². The van der Waals surface area contributed by atoms with Crippen LogP contribution in [0.15, 0.2) is 42.6 Å². The van der Waals surface area contributed by atoms with E-state index >= 15 is 0 Å². The highest BCUT2D eigenvalue weighted by atomic mass is 15.3. The Balaban J connectivity index is 1.74. The Labute approximate surface area is 117 Å². The number of nitrogens with zero attached hydrogens (tertiary/aromatic N) is 3. The van der Waals surface area contributed by atoms with E-state index in [1.165, 1.54) is 16.7 Å². The highest BCUT2D eigenvalue weighted by Crippen LogP contribution is 2.25. The van der Waals surface area contributed by atoms with Crippen LogP contribution < -0.4 is 5.32 Å². The van der Waals surface area contributed by atoms with E-state index in [-0.39, 0.29) is 6.04 Å². The molecule has 4 rings (SSSR count). The molecule has 4 heteroatoms. The lowest BCUT2D eigenvalue weighted by Gasteiger charge is -2.24. The number of rotatable bonds is 1. The number of hydrogen-bond acceptors (Lipinski definition) is 3. The summed E-state index contributed by atoms with van der Waals surface area (Å²) >= 11 is 0. The average molecular weight is 264 g/mol. The molecule has 2 aromatic heterocycles. The molecule has 0 saturated carbocycles. The van der Waals surface area contributed by atoms with Gasteiger partial charge in [0.25, 0.3) is 0 Å². The topological polar surface area (TPSA) is 42.2 Å². The molecule has 1 aliphatic heterocycles. The summed E-state index contributed by atoms with van der Waals surface area (Å²) in [6, 6.07) is 13.0. The third-order valence-corrected chi connectivity index (χ3v) is 3.98. The number of benzene rings is 1. The highest BCUT2D eigenvalue weighted by molar-refractivity contribution is 5.41. The average Bonchev–Trinajstić information content (AvgIpc) is 2.89. The first-order valence-corrected chi connectivity index (χ1v) is 6.93. The van der Waals surface area contributed by atoms with Gasteiger partial charge in [0.1, 0.15) is 0 Å². The van der Waals surface area contributed by atoms with Gasteiger partial charge in [0.05, 0.1) is 6.04 Å². The molecule has 100 valence electrons. The van der Waals surface area contributed by atoms with E-state index in [1.807, 2.05) is 0 Å². The fourth-order valence-electron chi connectivity index (χ4n) is 2.89. The van der Waals surface area contributed by atoms with Crippen LogP contribution in [0.25, 0.3) is 5.65 Å². The molecule has 0 radical (unpaired) electrons. The molecule has 0 fully saturated rings. The maximum Gasteiger partial charge on any atom is 0.161 e. The normalized spacial score (nSPS) is 18.1. The van der Waals surface area contributed by atoms with Gasteiger partial charge in [-0.1, -0.05) is 24.3 Å². The molecule has 0 aliphatic carbocycles. The molecule has 4 nitrogen and oxygen atoms in total. The van der Waals surface area contributed by atoms with Crippen molar-refractivity contribution in [3.63, 3.8) is 0 Å². The maximum atomic E-state index is 4.38. The molecule has 3 heterocycles. The second-order valence-corrected chi connectivity index (χ2v) is 5.40. The molecular weight excluding hydrogens is 248 g/mol. The van der Waals surface area contributed by atoms with Crippen LogP contribution in [0.5, 0.6) is 0 Å². The van der Waals surface area contributed by atoms with E-state index in [1.54, 1.807) is 0 Å². The van der Waals surface area contributed by atoms with Gasteiger partial charge < -0.3 is 5.32 Å². The highest BCUT2D eigenvalue weighted by Gasteiger charge is 2.23. The summed E-state index contributed by atoms with van der Waals surface area (Å²) in [7, 11) is 0. The largest absolute Gasteiger partial charge is 0.303 e. The van der Waals surface area contributed by atoms with Gasteiger partial charge >= 0.3 is 0 Å². The fraction of sp³-hybridized carbons (Fsp3) is 0.250. The molecule has 20 heavy (non-hydrogen) atoms. The minimum atomic E-state index is 0.225. The summed E-state index contributed by atoms with van der Waals surface area (Å²) < 4.78 is 2.08. The summed E-state index contributed by atoms with van der Waals surface area (Å²) in [4.78, 5) is 0. The standard InChI is InChI=1S/C16H16N4/c1-11-6-7-20-15(8-11)18-19-16(20)14-9-12-4-2-3-5-13(12)10-17-14/h2-8,14,17H,9-10H2,1H3. The van der Waals surface area contributed by atoms with Crippen molar-refractivity contribution in [2.45, 2.75) is 25.9 Å². The van der Waals surface area contributed by atoms with Crippen LogP contribution in [0.3, 0.4) is 0 Å². The Morgan fingerprint density at radius 1 is 1.15 bits per heavy atom. The number of nitrogens with one attached hydrogen (secondary N) is 1. The Bertz CT molecular complexity index is 775. The van der Waals surface area contributed by atoms with E-state index in [4.69, 9.17) is 0 Å². The number of hydrogen-bond donors (Lipinski definition) is 1. The zero-order chi connectivity index (χ0) is 13.5. The van der Waals surface area contributed by atoms with Crippen LogP contribution in [0, 0.1) is 6.92 Å². The number of aromatic nitrogens is 3. The van der Waals surface area contributed by atoms with Crippen LogP contribution in [0.4, 0.5) is 0 Å². The first kappa shape index (κ1) is 11.6. The molecule has 1 atom stereocenters. The van der Waals surface area contributed by atoms with Crippen molar-refractivity contribution in [3.8, 4) is 0 Å². The summed E-state index contributed by atoms with van der Waals surface area (Å²) in [5.41, 5.74) is 4.91. The third kappa shape index (κ3) is 1.80. The van der Waals surface area contributed by atoms with Crippen molar-refractivity contribution in [1.29, 1.82) is 0 Å². The second kappa shape index (κ2) is 4.42. The van der Waals surface area contributed by atoms with Gasteiger partial charge in [-0.2, -0.15) is 0 Å². The van der Waals surface area contributed by atoms with Gasteiger partial charge in [0.15, 0.2) is 11.5 Å². The van der Waals surface area contributed by atoms with Crippen LogP contribution in [0.1, 0.15) is 28.6 Å². The molecule has 0 bridgehead atoms. The summed E-state index contributed by atoms with van der Waals surface area (Å²) in [6.45, 7) is 2.96. The van der Waals surface area contributed by atoms with Crippen LogP contribution >= 0.6 is 0 Å². The van der Waals surface area contributed by atoms with E-state index in [0.717, 1.165) is 24.4 Å². The fourth-order valence-corrected chi connectivity index (χ4v) is 2.89. The molecule has 1 N–H and O–H groups in total. The lowest BCUT2D eigenvalue weighted by atomic mass is 9.95. The van der Waals surface area contributed by atoms with Gasteiger partial charge in [0, 0.05) is 12.7 Å². The Kier molecular flexibility index (Phi) is 2.57. The summed E-state index contributed by atoms with van der Waals surface area (Å²) in [6.07, 6.45) is 3.02. The SMILES string of the molecule is Cc1ccn2c(C3Cc4ccccc4CN3)nnc2c1. The van der Waals surface area contributed by atoms with E-state index in [0.29, 0.717) is 0 Å². The Morgan fingerprint density at radius 3 is 2.90 bits per heavy atom. The second-order valence-electron chi connectivity index (χ2n) is 5.40. The Morgan fingerprint density at radius 2 is 2.00 bits per heavy atom. The lowest BCUT2D eigenvalue weighted by Crippen LogP contribution is -2.29. The van der Waals surface area contributed by atoms with Crippen LogP contribution in [0.2, 0.25) is 0 Å². The lowest BCUT2D eigenvalue weighted by molar-refractivity contribution is 0.473. The Hall–Kier alpha value is -2.20. The monoisotopic (exact) mass is 264 g/mol. The van der Waals surface area contributed by atoms with Crippen molar-refractivity contribution in [2.24, 2.45) is 0 Å². The maximum absolute atomic E-state index is 4.38. The number of aryl methyl sites for hydroxylation is 1. The minimum absolute atomic E-state index is 0.225. The third-order valence-electron chi connectivity index (χ3n) is 3.98. The predicted octanol–water partition coefficient (Wildman–Crippen LogP) is 2.42. The van der Waals surface area contributed by atoms with Crippen molar-refractivity contribution < 1.29 is 0 Å². The summed E-state index contributed by atoms with van der Waals surface area (Å²) in [5, 5.41) is 12.2. The molecule has 1 aliphatic rings. The minimum Gasteiger partial charge on any atom is -0.303 e. The first-order chi connectivity index (χ1) is 9.81. The zero-order valence-corrected chi connectivity index (χ0v) is 11.4. The number of fused-ring (bicyclic) bond motifs is 2. The van der Waals surface area contributed by atoms with Gasteiger partial charge in [-0.3, -0.25) is 4.40 Å². The molecular formula is C16H16N4. The van der Waals surface area contributed by atoms with Crippen molar-refractivity contribution in [2.75, 3.05) is 0 Å². The van der Waals surface area contributed by atoms with Gasteiger partial charge in [-0.25, -0.2) is 0 Å². The van der Waals surface area contributed by atoms with E-state index in [9.17, 15) is 0 Å². The quantitative estimate of drug-likeness (QED) is 0.734. The molecule has 0 saturated heterocycles. The van der Waals surface area contributed by atoms with E-state index in [2.05, 4.69) is 69.4 Å². The molecule has 1 aromatic carbocycles. The zero-order valence-electron chi connectivity index (χ0n) is 11.4. The van der Waals surface area contributed by atoms with Crippen molar-refractivity contribution in [1.82, 2.24) is 19.9 Å². The summed E-state index contributed by atoms with van der Waals surface area (Å²) in [5.74, 6) is 0.995. The van der Waals surface area contributed by atoms with Gasteiger partial charge in [0.2, 0.25) is 0 Å². The first-order valence-electron chi connectivity index (χ1n) is 6.93. The van der Waals surface area contributed by atoms with E-state index < -0.39 is 0 Å². The van der Waals surface area contributed by atoms with Gasteiger partial charge in [-0.05, 0) is 42.2 Å². The number of pyridine rings is 1. The molecule has 0 spiro atoms. The van der Waals surface area contributed by atoms with Crippen molar-refractivity contribution in [3.05, 3.63) is 65.1 Å². The van der Waals surface area contributed by atoms with Crippen LogP contribution in [-0.4, -0.2) is 14.6 Å². The molecule has 0 amide bonds. The van der Waals surface area contributed by atoms with Crippen LogP contribution in [-0.2, 0) is 13.0 Å². The molecule has 1 unspecified atom stereocenters.